The Balaban J connectivity index is 1.78. The lowest BCUT2D eigenvalue weighted by molar-refractivity contribution is -0.133. The van der Waals surface area contributed by atoms with Gasteiger partial charge in [-0.05, 0) is 71.0 Å². The molecule has 182 valence electrons. The minimum absolute atomic E-state index is 0.0260. The number of rotatable bonds is 9. The van der Waals surface area contributed by atoms with Gasteiger partial charge < -0.3 is 15.2 Å². The van der Waals surface area contributed by atoms with Crippen LogP contribution < -0.4 is 5.48 Å². The van der Waals surface area contributed by atoms with Gasteiger partial charge in [0.15, 0.2) is 0 Å². The van der Waals surface area contributed by atoms with E-state index >= 15 is 0 Å². The fourth-order valence-corrected chi connectivity index (χ4v) is 5.48. The van der Waals surface area contributed by atoms with E-state index in [0.717, 1.165) is 15.2 Å². The van der Waals surface area contributed by atoms with Crippen molar-refractivity contribution in [2.45, 2.75) is 30.5 Å². The van der Waals surface area contributed by atoms with Crippen LogP contribution in [0.25, 0.3) is 10.9 Å². The number of hydrogen-bond donors (Lipinski definition) is 5. The number of phenols is 1. The molecule has 9 nitrogen and oxygen atoms in total. The van der Waals surface area contributed by atoms with E-state index in [1.165, 1.54) is 24.3 Å². The summed E-state index contributed by atoms with van der Waals surface area (Å²) >= 11 is 0. The van der Waals surface area contributed by atoms with Gasteiger partial charge in [0.05, 0.1) is 11.5 Å². The third-order valence-corrected chi connectivity index (χ3v) is 7.66. The number of amides is 1. The number of aromatic amines is 1. The van der Waals surface area contributed by atoms with E-state index in [2.05, 4.69) is 4.98 Å². The van der Waals surface area contributed by atoms with Crippen molar-refractivity contribution < 1.29 is 28.6 Å². The smallest absolute Gasteiger partial charge is 0.262 e. The molecule has 0 radical (unpaired) electrons. The van der Waals surface area contributed by atoms with Crippen molar-refractivity contribution in [1.29, 1.82) is 0 Å². The van der Waals surface area contributed by atoms with E-state index in [4.69, 9.17) is 0 Å². The van der Waals surface area contributed by atoms with Gasteiger partial charge >= 0.3 is 0 Å². The van der Waals surface area contributed by atoms with Crippen molar-refractivity contribution in [3.8, 4) is 5.75 Å². The van der Waals surface area contributed by atoms with Crippen molar-refractivity contribution in [2.24, 2.45) is 0 Å². The van der Waals surface area contributed by atoms with Gasteiger partial charge in [0, 0.05) is 18.3 Å². The number of nitrogens with one attached hydrogen (secondary N) is 2. The number of sulfonamides is 1. The van der Waals surface area contributed by atoms with E-state index in [-0.39, 0.29) is 30.2 Å². The van der Waals surface area contributed by atoms with Crippen LogP contribution in [-0.2, 0) is 34.4 Å². The van der Waals surface area contributed by atoms with Gasteiger partial charge in [-0.2, -0.15) is 4.31 Å². The highest BCUT2D eigenvalue weighted by Gasteiger charge is 2.36. The number of hydroxylamine groups is 1. The van der Waals surface area contributed by atoms with Gasteiger partial charge in [0.2, 0.25) is 10.0 Å². The molecule has 1 amide bonds. The van der Waals surface area contributed by atoms with Crippen LogP contribution in [-0.4, -0.2) is 45.1 Å². The Bertz CT molecular complexity index is 1420. The quantitative estimate of drug-likeness (QED) is 0.178. The van der Waals surface area contributed by atoms with Gasteiger partial charge in [-0.15, -0.1) is 0 Å². The monoisotopic (exact) mass is 495 g/mol. The molecule has 5 N–H and O–H groups in total. The number of phenolic OH excluding ortho intramolecular Hbond substituents is 1. The molecule has 0 aliphatic carbocycles. The standard InChI is InChI=1S/C25H25N3O6S/c29-16-18-3-1-17(2-4-18)14-24(25(31)27-32)28(35(33,34)22-8-6-21(30)7-9-22)15-19-5-10-23-20(13-19)11-12-26-23/h1-13,24,26,29-30,32H,14-16H2,(H,27,31)/t24-/m1/s1. The van der Waals surface area contributed by atoms with E-state index in [1.54, 1.807) is 42.0 Å². The summed E-state index contributed by atoms with van der Waals surface area (Å²) in [6.45, 7) is -0.291. The Hall–Kier alpha value is -3.70. The number of nitrogens with zero attached hydrogens (tertiary/aromatic N) is 1. The maximum atomic E-state index is 13.8. The number of hydrogen-bond acceptors (Lipinski definition) is 6. The maximum absolute atomic E-state index is 13.8. The van der Waals surface area contributed by atoms with E-state index in [0.29, 0.717) is 16.7 Å². The highest BCUT2D eigenvalue weighted by Crippen LogP contribution is 2.26. The average molecular weight is 496 g/mol. The van der Waals surface area contributed by atoms with Crippen molar-refractivity contribution in [1.82, 2.24) is 14.8 Å². The van der Waals surface area contributed by atoms with Crippen LogP contribution in [0.4, 0.5) is 0 Å². The molecule has 0 saturated heterocycles. The molecule has 1 aromatic heterocycles. The summed E-state index contributed by atoms with van der Waals surface area (Å²) in [5, 5.41) is 29.3. The summed E-state index contributed by atoms with van der Waals surface area (Å²) < 4.78 is 28.6. The van der Waals surface area contributed by atoms with Gasteiger partial charge in [-0.25, -0.2) is 13.9 Å². The molecule has 0 bridgehead atoms. The Morgan fingerprint density at radius 3 is 2.26 bits per heavy atom. The molecule has 0 saturated carbocycles. The first-order valence-electron chi connectivity index (χ1n) is 10.8. The number of carbonyl (C=O) groups is 1. The van der Waals surface area contributed by atoms with Gasteiger partial charge in [0.1, 0.15) is 11.8 Å². The number of aliphatic hydroxyl groups is 1. The first-order valence-corrected chi connectivity index (χ1v) is 12.3. The lowest BCUT2D eigenvalue weighted by atomic mass is 10.0. The molecule has 4 aromatic rings. The molecule has 1 heterocycles. The van der Waals surface area contributed by atoms with Crippen LogP contribution in [0.15, 0.2) is 83.9 Å². The Morgan fingerprint density at radius 1 is 0.943 bits per heavy atom. The Labute approximate surface area is 202 Å². The number of fused-ring (bicyclic) bond motifs is 1. The molecule has 0 aliphatic rings. The first kappa shape index (κ1) is 24.4. The number of aliphatic hydroxyl groups excluding tert-OH is 1. The second-order valence-corrected chi connectivity index (χ2v) is 10.0. The second kappa shape index (κ2) is 10.3. The average Bonchev–Trinajstić information content (AvgIpc) is 3.34. The highest BCUT2D eigenvalue weighted by molar-refractivity contribution is 7.89. The third kappa shape index (κ3) is 5.36. The Kier molecular flexibility index (Phi) is 7.17. The number of carbonyl (C=O) groups excluding carboxylic acids is 1. The van der Waals surface area contributed by atoms with Gasteiger partial charge in [0.25, 0.3) is 5.91 Å². The summed E-state index contributed by atoms with van der Waals surface area (Å²) in [5.74, 6) is -0.983. The largest absolute Gasteiger partial charge is 0.508 e. The van der Waals surface area contributed by atoms with Gasteiger partial charge in [-0.1, -0.05) is 30.3 Å². The fraction of sp³-hybridized carbons (Fsp3) is 0.160. The predicted octanol–water partition coefficient (Wildman–Crippen LogP) is 2.67. The van der Waals surface area contributed by atoms with Crippen LogP contribution >= 0.6 is 0 Å². The minimum atomic E-state index is -4.24. The van der Waals surface area contributed by atoms with Crippen LogP contribution in [0.3, 0.4) is 0 Å². The Morgan fingerprint density at radius 2 is 1.60 bits per heavy atom. The summed E-state index contributed by atoms with van der Waals surface area (Å²) in [6.07, 6.45) is 1.75. The molecule has 4 rings (SSSR count). The van der Waals surface area contributed by atoms with Crippen molar-refractivity contribution in [3.05, 3.63) is 95.7 Å². The van der Waals surface area contributed by atoms with Crippen molar-refractivity contribution in [3.63, 3.8) is 0 Å². The number of benzene rings is 3. The van der Waals surface area contributed by atoms with E-state index in [1.807, 2.05) is 18.2 Å². The van der Waals surface area contributed by atoms with Crippen LogP contribution in [0.1, 0.15) is 16.7 Å². The number of aromatic hydroxyl groups is 1. The molecule has 35 heavy (non-hydrogen) atoms. The zero-order valence-corrected chi connectivity index (χ0v) is 19.4. The second-order valence-electron chi connectivity index (χ2n) is 8.11. The summed E-state index contributed by atoms with van der Waals surface area (Å²) in [7, 11) is -4.24. The van der Waals surface area contributed by atoms with Gasteiger partial charge in [-0.3, -0.25) is 10.0 Å². The SMILES string of the molecule is O=C(NO)[C@@H](Cc1ccc(CO)cc1)N(Cc1ccc2[nH]ccc2c1)S(=O)(=O)c1ccc(O)cc1. The van der Waals surface area contributed by atoms with Crippen molar-refractivity contribution >= 4 is 26.8 Å². The van der Waals surface area contributed by atoms with E-state index in [9.17, 15) is 28.6 Å². The van der Waals surface area contributed by atoms with Crippen LogP contribution in [0.5, 0.6) is 5.75 Å². The third-order valence-electron chi connectivity index (χ3n) is 5.79. The molecule has 0 aliphatic heterocycles. The zero-order valence-electron chi connectivity index (χ0n) is 18.6. The minimum Gasteiger partial charge on any atom is -0.508 e. The van der Waals surface area contributed by atoms with Crippen LogP contribution in [0.2, 0.25) is 0 Å². The maximum Gasteiger partial charge on any atom is 0.262 e. The van der Waals surface area contributed by atoms with E-state index < -0.39 is 22.0 Å². The summed E-state index contributed by atoms with van der Waals surface area (Å²) in [6, 6.07) is 17.8. The zero-order chi connectivity index (χ0) is 25.0. The highest BCUT2D eigenvalue weighted by atomic mass is 32.2. The molecular weight excluding hydrogens is 470 g/mol. The lowest BCUT2D eigenvalue weighted by Gasteiger charge is -2.30. The molecule has 0 fully saturated rings. The molecular formula is C25H25N3O6S. The fourth-order valence-electron chi connectivity index (χ4n) is 3.90. The predicted molar refractivity (Wildman–Crippen MR) is 129 cm³/mol. The normalized spacial score (nSPS) is 12.7. The molecule has 0 unspecified atom stereocenters. The summed E-state index contributed by atoms with van der Waals surface area (Å²) in [4.78, 5) is 15.8. The molecule has 1 atom stereocenters. The molecule has 0 spiro atoms. The van der Waals surface area contributed by atoms with Crippen LogP contribution in [0, 0.1) is 0 Å². The van der Waals surface area contributed by atoms with Crippen molar-refractivity contribution in [2.75, 3.05) is 0 Å². The number of H-pyrrole nitrogens is 1. The lowest BCUT2D eigenvalue weighted by Crippen LogP contribution is -2.49. The topological polar surface area (TPSA) is 143 Å². The first-order chi connectivity index (χ1) is 16.8. The molecule has 10 heteroatoms. The summed E-state index contributed by atoms with van der Waals surface area (Å²) in [5.41, 5.74) is 4.44. The number of aromatic nitrogens is 1. The molecule has 3 aromatic carbocycles.